The predicted molar refractivity (Wildman–Crippen MR) is 67.3 cm³/mol. The molecule has 0 heterocycles. The van der Waals surface area contributed by atoms with Crippen LogP contribution in [-0.4, -0.2) is 18.2 Å². The first-order valence-electron chi connectivity index (χ1n) is 4.63. The summed E-state index contributed by atoms with van der Waals surface area (Å²) >= 11 is 4.42. The smallest absolute Gasteiger partial charge is 0.281 e. The van der Waals surface area contributed by atoms with Gasteiger partial charge in [-0.25, -0.2) is 14.4 Å². The van der Waals surface area contributed by atoms with E-state index in [0.717, 1.165) is 18.2 Å². The maximum absolute atomic E-state index is 9.63. The van der Waals surface area contributed by atoms with Gasteiger partial charge in [0.25, 0.3) is 18.2 Å². The highest BCUT2D eigenvalue weighted by molar-refractivity contribution is 8.07. The molecule has 0 aromatic heterocycles. The number of rotatable bonds is 6. The van der Waals surface area contributed by atoms with Crippen LogP contribution in [0.3, 0.4) is 0 Å². The molecule has 0 aliphatic heterocycles. The zero-order chi connectivity index (χ0) is 14.8. The minimum absolute atomic E-state index is 0.950. The Kier molecular flexibility index (Phi) is 6.00. The molecule has 0 bridgehead atoms. The highest BCUT2D eigenvalue weighted by Gasteiger charge is 2.26. The molecule has 0 unspecified atom stereocenters. The van der Waals surface area contributed by atoms with Gasteiger partial charge in [0.15, 0.2) is 0 Å². The fraction of sp³-hybridized carbons (Fsp3) is 0. The van der Waals surface area contributed by atoms with Crippen LogP contribution in [0.25, 0.3) is 11.1 Å². The summed E-state index contributed by atoms with van der Waals surface area (Å²) in [6.07, 6.45) is 2.85. The number of hydrogen-bond acceptors (Lipinski definition) is 10. The average Bonchev–Trinajstić information content (AvgIpc) is 2.45. The first kappa shape index (κ1) is 15.5. The van der Waals surface area contributed by atoms with Crippen LogP contribution in [0.2, 0.25) is 0 Å². The van der Waals surface area contributed by atoms with E-state index in [1.807, 2.05) is 0 Å². The maximum atomic E-state index is 9.63. The molecule has 20 heavy (non-hydrogen) atoms. The van der Waals surface area contributed by atoms with Gasteiger partial charge in [0.1, 0.15) is 0 Å². The van der Waals surface area contributed by atoms with Gasteiger partial charge in [-0.15, -0.1) is 0 Å². The van der Waals surface area contributed by atoms with Crippen molar-refractivity contribution in [2.45, 2.75) is 0 Å². The van der Waals surface area contributed by atoms with Crippen LogP contribution in [0.4, 0.5) is 0 Å². The van der Waals surface area contributed by atoms with Crippen molar-refractivity contribution in [3.8, 4) is 11.1 Å². The zero-order valence-electron chi connectivity index (χ0n) is 9.46. The van der Waals surface area contributed by atoms with E-state index in [1.165, 1.54) is 11.1 Å². The third kappa shape index (κ3) is 4.59. The lowest BCUT2D eigenvalue weighted by atomic mass is 9.95. The van der Waals surface area contributed by atoms with Crippen LogP contribution >= 0.6 is 6.72 Å². The molecule has 0 atom stereocenters. The first-order valence-corrected chi connectivity index (χ1v) is 7.19. The molecule has 0 saturated carbocycles. The Hall–Kier alpha value is -2.59. The Bertz CT molecular complexity index is 581. The quantitative estimate of drug-likeness (QED) is 0.345. The number of nitrogens with zero attached hydrogens (tertiary/aromatic N) is 3. The lowest BCUT2D eigenvalue weighted by molar-refractivity contribution is 0.168. The molecule has 0 aromatic carbocycles. The van der Waals surface area contributed by atoms with Crippen molar-refractivity contribution in [1.82, 2.24) is 0 Å². The van der Waals surface area contributed by atoms with E-state index >= 15 is 0 Å². The van der Waals surface area contributed by atoms with E-state index in [4.69, 9.17) is 0 Å². The van der Waals surface area contributed by atoms with Crippen molar-refractivity contribution in [2.75, 3.05) is 0 Å². The van der Waals surface area contributed by atoms with Gasteiger partial charge >= 0.3 is 6.72 Å². The van der Waals surface area contributed by atoms with E-state index in [1.54, 1.807) is 0 Å². The summed E-state index contributed by atoms with van der Waals surface area (Å²) in [7, 11) is 0. The monoisotopic (exact) mass is 313 g/mol. The van der Waals surface area contributed by atoms with E-state index < -0.39 is 6.72 Å². The molecule has 102 valence electrons. The van der Waals surface area contributed by atoms with Crippen LogP contribution < -0.4 is 0 Å². The van der Waals surface area contributed by atoms with E-state index in [-0.39, 0.29) is 0 Å². The summed E-state index contributed by atoms with van der Waals surface area (Å²) in [5.41, 5.74) is 2.85. The molecule has 0 fully saturated rings. The Morgan fingerprint density at radius 1 is 0.800 bits per heavy atom. The number of isocyanates is 3. The molecule has 0 N–H and O–H groups in total. The van der Waals surface area contributed by atoms with Crippen LogP contribution in [-0.2, 0) is 40.1 Å². The Labute approximate surface area is 116 Å². The zero-order valence-corrected chi connectivity index (χ0v) is 11.2. The second kappa shape index (κ2) is 7.76. The molecule has 0 radical (unpaired) electrons. The van der Waals surface area contributed by atoms with Crippen molar-refractivity contribution >= 4 is 36.8 Å². The van der Waals surface area contributed by atoms with E-state index in [9.17, 15) is 14.4 Å². The van der Waals surface area contributed by atoms with Crippen molar-refractivity contribution in [2.24, 2.45) is 15.5 Å². The molecule has 2 aliphatic carbocycles. The number of carbonyl (C=O) groups excluding carboxylic acids is 3. The Balaban J connectivity index is 0.000000267. The molecule has 0 amide bonds. The van der Waals surface area contributed by atoms with Crippen LogP contribution in [0.15, 0.2) is 39.7 Å². The standard InChI is InChI=1S/C6H4.C3N3O6PS/c1-2-6-4-3-5(1)6;7-1-4-10-13(14,11-5-2-8)12-6-3-9/h1-4H;. The van der Waals surface area contributed by atoms with Gasteiger partial charge in [0.05, 0.1) is 0 Å². The third-order valence-corrected chi connectivity index (χ3v) is 3.20. The summed E-state index contributed by atoms with van der Waals surface area (Å²) in [5.74, 6) is 0. The molecule has 2 aliphatic rings. The summed E-state index contributed by atoms with van der Waals surface area (Å²) < 4.78 is 12.4. The van der Waals surface area contributed by atoms with Gasteiger partial charge < -0.3 is 0 Å². The van der Waals surface area contributed by atoms with Gasteiger partial charge in [-0.05, 0) is 11.1 Å². The number of benzene rings is 1. The fourth-order valence-electron chi connectivity index (χ4n) is 0.907. The highest BCUT2D eigenvalue weighted by atomic mass is 32.5. The van der Waals surface area contributed by atoms with Crippen molar-refractivity contribution in [1.29, 1.82) is 0 Å². The van der Waals surface area contributed by atoms with Gasteiger partial charge in [-0.1, -0.05) is 24.3 Å². The van der Waals surface area contributed by atoms with Crippen LogP contribution in [0.5, 0.6) is 0 Å². The normalized spacial score (nSPS) is 11.6. The summed E-state index contributed by atoms with van der Waals surface area (Å²) in [5, 5.41) is 7.68. The van der Waals surface area contributed by atoms with E-state index in [0.29, 0.717) is 0 Å². The Morgan fingerprint density at radius 2 is 1.10 bits per heavy atom. The molecule has 2 rings (SSSR count). The van der Waals surface area contributed by atoms with Gasteiger partial charge in [0, 0.05) is 27.3 Å². The fourth-order valence-corrected chi connectivity index (χ4v) is 1.70. The molecule has 0 spiro atoms. The first-order chi connectivity index (χ1) is 9.65. The summed E-state index contributed by atoms with van der Waals surface area (Å²) in [4.78, 5) is 28.9. The van der Waals surface area contributed by atoms with Crippen LogP contribution in [0.1, 0.15) is 0 Å². The molecule has 11 heteroatoms. The Morgan fingerprint density at radius 3 is 1.25 bits per heavy atom. The summed E-state index contributed by atoms with van der Waals surface area (Å²) in [6, 6.07) is 8.48. The van der Waals surface area contributed by atoms with Gasteiger partial charge in [-0.3, -0.25) is 13.9 Å². The number of hydrogen-bond donors (Lipinski definition) is 0. The molecular weight excluding hydrogens is 309 g/mol. The lowest BCUT2D eigenvalue weighted by Gasteiger charge is -2.10. The van der Waals surface area contributed by atoms with Crippen LogP contribution in [0, 0.1) is 0 Å². The SMILES string of the molecule is O=C=NOP(=S)(ON=C=O)ON=C=O.c1cc2ccc1-2. The average molecular weight is 313 g/mol. The van der Waals surface area contributed by atoms with Crippen molar-refractivity contribution < 1.29 is 28.3 Å². The highest BCUT2D eigenvalue weighted by Crippen LogP contribution is 2.50. The maximum Gasteiger partial charge on any atom is 0.554 e. The molecule has 0 saturated heterocycles. The molecule has 9 nitrogen and oxygen atoms in total. The second-order valence-corrected chi connectivity index (χ2v) is 5.54. The lowest BCUT2D eigenvalue weighted by Crippen LogP contribution is -1.88. The topological polar surface area (TPSA) is 116 Å². The van der Waals surface area contributed by atoms with E-state index in [2.05, 4.69) is 65.4 Å². The van der Waals surface area contributed by atoms with Crippen molar-refractivity contribution in [3.63, 3.8) is 0 Å². The predicted octanol–water partition coefficient (Wildman–Crippen LogP) is 1.68. The number of fused-ring (bicyclic) bond motifs is 1. The minimum atomic E-state index is -3.72. The van der Waals surface area contributed by atoms with Gasteiger partial charge in [-0.2, -0.15) is 0 Å². The minimum Gasteiger partial charge on any atom is -0.281 e. The molecule has 0 aromatic rings. The summed E-state index contributed by atoms with van der Waals surface area (Å²) in [6.45, 7) is -3.72. The third-order valence-electron chi connectivity index (χ3n) is 1.75. The van der Waals surface area contributed by atoms with Gasteiger partial charge in [0.2, 0.25) is 0 Å². The largest absolute Gasteiger partial charge is 0.554 e. The second-order valence-electron chi connectivity index (χ2n) is 2.82. The van der Waals surface area contributed by atoms with Crippen molar-refractivity contribution in [3.05, 3.63) is 24.3 Å². The molecular formula is C9H4N3O6PS.